The Bertz CT molecular complexity index is 281. The molecule has 1 aliphatic rings. The highest BCUT2D eigenvalue weighted by molar-refractivity contribution is 5.18. The summed E-state index contributed by atoms with van der Waals surface area (Å²) in [5, 5.41) is 0. The largest absolute Gasteiger partial charge is 0.296 e. The summed E-state index contributed by atoms with van der Waals surface area (Å²) in [4.78, 5) is 2.58. The lowest BCUT2D eigenvalue weighted by atomic mass is 10.1. The lowest BCUT2D eigenvalue weighted by molar-refractivity contribution is 0.255. The molecule has 1 saturated heterocycles. The Balaban J connectivity index is 2.05. The van der Waals surface area contributed by atoms with Crippen LogP contribution in [0.2, 0.25) is 0 Å². The number of benzene rings is 1. The highest BCUT2D eigenvalue weighted by Gasteiger charge is 2.23. The molecule has 1 nitrogen and oxygen atoms in total. The van der Waals surface area contributed by atoms with E-state index in [1.54, 1.807) is 0 Å². The van der Waals surface area contributed by atoms with Crippen molar-refractivity contribution in [1.82, 2.24) is 4.90 Å². The summed E-state index contributed by atoms with van der Waals surface area (Å²) in [6, 6.07) is 11.4. The fourth-order valence-electron chi connectivity index (χ4n) is 2.26. The van der Waals surface area contributed by atoms with Gasteiger partial charge in [-0.25, -0.2) is 0 Å². The van der Waals surface area contributed by atoms with Crippen molar-refractivity contribution >= 4 is 0 Å². The van der Waals surface area contributed by atoms with Gasteiger partial charge in [-0.05, 0) is 31.4 Å². The molecule has 0 unspecified atom stereocenters. The van der Waals surface area contributed by atoms with Gasteiger partial charge in [-0.3, -0.25) is 4.90 Å². The minimum Gasteiger partial charge on any atom is -0.296 e. The zero-order valence-corrected chi connectivity index (χ0v) is 9.11. The summed E-state index contributed by atoms with van der Waals surface area (Å²) in [6.07, 6.45) is 1.36. The molecule has 1 fully saturated rings. The van der Waals surface area contributed by atoms with E-state index in [1.807, 2.05) is 0 Å². The SMILES string of the molecule is C[C@@H]1CCN([C@H](C)c2ccccc2)C1. The van der Waals surface area contributed by atoms with Gasteiger partial charge in [-0.2, -0.15) is 0 Å². The number of hydrogen-bond donors (Lipinski definition) is 0. The molecular weight excluding hydrogens is 170 g/mol. The summed E-state index contributed by atoms with van der Waals surface area (Å²) in [6.45, 7) is 7.18. The first kappa shape index (κ1) is 9.72. The van der Waals surface area contributed by atoms with Crippen LogP contribution in [0.5, 0.6) is 0 Å². The molecule has 0 spiro atoms. The Morgan fingerprint density at radius 1 is 1.29 bits per heavy atom. The number of rotatable bonds is 2. The van der Waals surface area contributed by atoms with Gasteiger partial charge < -0.3 is 0 Å². The minimum absolute atomic E-state index is 0.584. The molecule has 0 amide bonds. The quantitative estimate of drug-likeness (QED) is 0.691. The number of nitrogens with zero attached hydrogens (tertiary/aromatic N) is 1. The van der Waals surface area contributed by atoms with Crippen LogP contribution in [0.1, 0.15) is 31.9 Å². The third kappa shape index (κ3) is 1.98. The van der Waals surface area contributed by atoms with E-state index in [2.05, 4.69) is 49.1 Å². The van der Waals surface area contributed by atoms with E-state index in [-0.39, 0.29) is 0 Å². The standard InChI is InChI=1S/C13H19N/c1-11-8-9-14(10-11)12(2)13-6-4-3-5-7-13/h3-7,11-12H,8-10H2,1-2H3/t11-,12-/m1/s1. The third-order valence-corrected chi connectivity index (χ3v) is 3.28. The van der Waals surface area contributed by atoms with Gasteiger partial charge in [0, 0.05) is 12.6 Å². The second-order valence-corrected chi connectivity index (χ2v) is 4.48. The molecule has 76 valence electrons. The summed E-state index contributed by atoms with van der Waals surface area (Å²) >= 11 is 0. The van der Waals surface area contributed by atoms with Crippen molar-refractivity contribution in [3.63, 3.8) is 0 Å². The second-order valence-electron chi connectivity index (χ2n) is 4.48. The predicted molar refractivity (Wildman–Crippen MR) is 60.2 cm³/mol. The monoisotopic (exact) mass is 189 g/mol. The minimum atomic E-state index is 0.584. The van der Waals surface area contributed by atoms with Gasteiger partial charge in [-0.15, -0.1) is 0 Å². The Morgan fingerprint density at radius 3 is 2.57 bits per heavy atom. The van der Waals surface area contributed by atoms with Gasteiger partial charge in [0.25, 0.3) is 0 Å². The number of likely N-dealkylation sites (tertiary alicyclic amines) is 1. The van der Waals surface area contributed by atoms with Crippen LogP contribution >= 0.6 is 0 Å². The highest BCUT2D eigenvalue weighted by Crippen LogP contribution is 2.26. The van der Waals surface area contributed by atoms with Crippen LogP contribution in [0.3, 0.4) is 0 Å². The molecule has 1 aliphatic heterocycles. The van der Waals surface area contributed by atoms with E-state index >= 15 is 0 Å². The molecule has 0 aliphatic carbocycles. The topological polar surface area (TPSA) is 3.24 Å². The van der Waals surface area contributed by atoms with E-state index in [9.17, 15) is 0 Å². The maximum absolute atomic E-state index is 2.58. The zero-order valence-electron chi connectivity index (χ0n) is 9.11. The van der Waals surface area contributed by atoms with Gasteiger partial charge in [0.05, 0.1) is 0 Å². The second kappa shape index (κ2) is 4.14. The highest BCUT2D eigenvalue weighted by atomic mass is 15.2. The Kier molecular flexibility index (Phi) is 2.87. The van der Waals surface area contributed by atoms with Gasteiger partial charge >= 0.3 is 0 Å². The first-order valence-corrected chi connectivity index (χ1v) is 5.56. The van der Waals surface area contributed by atoms with E-state index < -0.39 is 0 Å². The molecule has 2 rings (SSSR count). The van der Waals surface area contributed by atoms with Crippen LogP contribution in [0.25, 0.3) is 0 Å². The maximum Gasteiger partial charge on any atom is 0.0319 e. The van der Waals surface area contributed by atoms with Crippen molar-refractivity contribution in [3.8, 4) is 0 Å². The van der Waals surface area contributed by atoms with Crippen LogP contribution in [0.4, 0.5) is 0 Å². The lowest BCUT2D eigenvalue weighted by Gasteiger charge is -2.24. The van der Waals surface area contributed by atoms with Crippen LogP contribution in [-0.2, 0) is 0 Å². The summed E-state index contributed by atoms with van der Waals surface area (Å²) in [5.41, 5.74) is 1.45. The molecule has 0 N–H and O–H groups in total. The first-order valence-electron chi connectivity index (χ1n) is 5.56. The molecule has 14 heavy (non-hydrogen) atoms. The third-order valence-electron chi connectivity index (χ3n) is 3.28. The number of hydrogen-bond acceptors (Lipinski definition) is 1. The molecule has 1 heteroatoms. The smallest absolute Gasteiger partial charge is 0.0319 e. The van der Waals surface area contributed by atoms with Crippen LogP contribution in [0.15, 0.2) is 30.3 Å². The van der Waals surface area contributed by atoms with Crippen LogP contribution in [0, 0.1) is 5.92 Å². The fourth-order valence-corrected chi connectivity index (χ4v) is 2.26. The van der Waals surface area contributed by atoms with Crippen molar-refractivity contribution in [2.75, 3.05) is 13.1 Å². The first-order chi connectivity index (χ1) is 6.77. The van der Waals surface area contributed by atoms with Crippen LogP contribution < -0.4 is 0 Å². The van der Waals surface area contributed by atoms with Crippen molar-refractivity contribution < 1.29 is 0 Å². The molecule has 1 aromatic carbocycles. The Labute approximate surface area is 86.7 Å². The predicted octanol–water partition coefficient (Wildman–Crippen LogP) is 3.09. The van der Waals surface area contributed by atoms with Crippen molar-refractivity contribution in [2.24, 2.45) is 5.92 Å². The average Bonchev–Trinajstić information content (AvgIpc) is 2.65. The molecule has 0 radical (unpaired) electrons. The Hall–Kier alpha value is -0.820. The summed E-state index contributed by atoms with van der Waals surface area (Å²) in [7, 11) is 0. The molecule has 1 heterocycles. The van der Waals surface area contributed by atoms with E-state index in [1.165, 1.54) is 25.1 Å². The molecule has 0 bridgehead atoms. The molecule has 1 aromatic rings. The van der Waals surface area contributed by atoms with E-state index in [4.69, 9.17) is 0 Å². The molecular formula is C13H19N. The van der Waals surface area contributed by atoms with Crippen molar-refractivity contribution in [2.45, 2.75) is 26.3 Å². The van der Waals surface area contributed by atoms with Gasteiger partial charge in [-0.1, -0.05) is 37.3 Å². The van der Waals surface area contributed by atoms with Gasteiger partial charge in [0.1, 0.15) is 0 Å². The van der Waals surface area contributed by atoms with Crippen molar-refractivity contribution in [3.05, 3.63) is 35.9 Å². The summed E-state index contributed by atoms with van der Waals surface area (Å²) in [5.74, 6) is 0.876. The fraction of sp³-hybridized carbons (Fsp3) is 0.538. The van der Waals surface area contributed by atoms with E-state index in [0.717, 1.165) is 5.92 Å². The van der Waals surface area contributed by atoms with Crippen molar-refractivity contribution in [1.29, 1.82) is 0 Å². The maximum atomic E-state index is 2.58. The summed E-state index contributed by atoms with van der Waals surface area (Å²) < 4.78 is 0. The molecule has 0 aromatic heterocycles. The average molecular weight is 189 g/mol. The molecule has 0 saturated carbocycles. The van der Waals surface area contributed by atoms with Gasteiger partial charge in [0.15, 0.2) is 0 Å². The molecule has 2 atom stereocenters. The van der Waals surface area contributed by atoms with E-state index in [0.29, 0.717) is 6.04 Å². The van der Waals surface area contributed by atoms with Gasteiger partial charge in [0.2, 0.25) is 0 Å². The lowest BCUT2D eigenvalue weighted by Crippen LogP contribution is -2.24. The Morgan fingerprint density at radius 2 is 2.00 bits per heavy atom. The van der Waals surface area contributed by atoms with Crippen LogP contribution in [-0.4, -0.2) is 18.0 Å². The normalized spacial score (nSPS) is 25.1. The zero-order chi connectivity index (χ0) is 9.97.